The number of hydrogen-bond acceptors (Lipinski definition) is 3. The number of hydrogen-bond donors (Lipinski definition) is 2. The third-order valence-electron chi connectivity index (χ3n) is 8.17. The Kier molecular flexibility index (Phi) is 8.28. The van der Waals surface area contributed by atoms with Crippen LogP contribution in [-0.4, -0.2) is 37.6 Å². The van der Waals surface area contributed by atoms with Crippen LogP contribution in [0.25, 0.3) is 27.6 Å². The largest absolute Gasteiger partial charge is 0.478 e. The van der Waals surface area contributed by atoms with E-state index < -0.39 is 5.97 Å². The highest BCUT2D eigenvalue weighted by atomic mass is 16.4. The molecule has 0 saturated heterocycles. The fourth-order valence-electron chi connectivity index (χ4n) is 5.89. The van der Waals surface area contributed by atoms with Crippen molar-refractivity contribution in [1.29, 1.82) is 0 Å². The van der Waals surface area contributed by atoms with Crippen LogP contribution in [0.5, 0.6) is 0 Å². The van der Waals surface area contributed by atoms with Gasteiger partial charge in [-0.05, 0) is 78.9 Å². The fourth-order valence-corrected chi connectivity index (χ4v) is 5.89. The molecule has 0 aliphatic rings. The lowest BCUT2D eigenvalue weighted by Gasteiger charge is -2.12. The molecule has 2 aromatic heterocycles. The van der Waals surface area contributed by atoms with E-state index in [0.29, 0.717) is 24.3 Å². The van der Waals surface area contributed by atoms with Crippen LogP contribution in [0.2, 0.25) is 0 Å². The summed E-state index contributed by atoms with van der Waals surface area (Å²) in [5.74, 6) is -0.0250. The van der Waals surface area contributed by atoms with E-state index >= 15 is 0 Å². The van der Waals surface area contributed by atoms with Crippen LogP contribution in [0.4, 0.5) is 0 Å². The number of aryl methyl sites for hydroxylation is 2. The molecule has 0 spiro atoms. The lowest BCUT2D eigenvalue weighted by Crippen LogP contribution is -2.25. The molecule has 7 heteroatoms. The smallest absolute Gasteiger partial charge is 0.337 e. The molecule has 0 radical (unpaired) electrons. The second-order valence-corrected chi connectivity index (χ2v) is 11.3. The summed E-state index contributed by atoms with van der Waals surface area (Å²) in [6.07, 6.45) is 5.64. The lowest BCUT2D eigenvalue weighted by molar-refractivity contribution is 0.0696. The van der Waals surface area contributed by atoms with Gasteiger partial charge in [0, 0.05) is 36.7 Å². The zero-order chi connectivity index (χ0) is 30.6. The topological polar surface area (TPSA) is 89.2 Å². The molecule has 7 nitrogen and oxygen atoms in total. The van der Waals surface area contributed by atoms with E-state index in [1.807, 2.05) is 72.3 Å². The molecular formula is C37H36N4O3. The Morgan fingerprint density at radius 3 is 2.45 bits per heavy atom. The van der Waals surface area contributed by atoms with Gasteiger partial charge in [0.1, 0.15) is 5.82 Å². The molecule has 1 amide bonds. The molecule has 0 bridgehead atoms. The number of imidazole rings is 1. The number of carboxylic acids is 1. The Labute approximate surface area is 256 Å². The maximum Gasteiger partial charge on any atom is 0.337 e. The molecule has 222 valence electrons. The number of nitrogens with one attached hydrogen (secondary N) is 1. The van der Waals surface area contributed by atoms with Crippen molar-refractivity contribution in [2.45, 2.75) is 46.1 Å². The molecule has 0 saturated carbocycles. The van der Waals surface area contributed by atoms with Gasteiger partial charge in [0.05, 0.1) is 27.8 Å². The number of aromatic carboxylic acids is 1. The van der Waals surface area contributed by atoms with Gasteiger partial charge in [-0.1, -0.05) is 61.9 Å². The molecule has 0 unspecified atom stereocenters. The molecule has 0 fully saturated rings. The van der Waals surface area contributed by atoms with Crippen molar-refractivity contribution in [2.24, 2.45) is 0 Å². The third kappa shape index (κ3) is 5.86. The average Bonchev–Trinajstić information content (AvgIpc) is 3.61. The first-order chi connectivity index (χ1) is 21.4. The Morgan fingerprint density at radius 1 is 0.864 bits per heavy atom. The molecule has 4 aromatic carbocycles. The van der Waals surface area contributed by atoms with E-state index in [1.165, 1.54) is 5.56 Å². The van der Waals surface area contributed by atoms with Crippen LogP contribution in [0.15, 0.2) is 97.2 Å². The summed E-state index contributed by atoms with van der Waals surface area (Å²) >= 11 is 0. The van der Waals surface area contributed by atoms with Gasteiger partial charge in [0.25, 0.3) is 5.91 Å². The lowest BCUT2D eigenvalue weighted by atomic mass is 10.1. The molecular weight excluding hydrogens is 548 g/mol. The molecule has 2 heterocycles. The molecule has 2 N–H and O–H groups in total. The van der Waals surface area contributed by atoms with Crippen LogP contribution in [-0.2, 0) is 19.4 Å². The van der Waals surface area contributed by atoms with Crippen molar-refractivity contribution in [3.05, 3.63) is 131 Å². The van der Waals surface area contributed by atoms with Crippen molar-refractivity contribution in [2.75, 3.05) is 6.54 Å². The minimum atomic E-state index is -0.954. The third-order valence-corrected chi connectivity index (χ3v) is 8.17. The summed E-state index contributed by atoms with van der Waals surface area (Å²) in [7, 11) is 0. The zero-order valence-electron chi connectivity index (χ0n) is 25.1. The van der Waals surface area contributed by atoms with Gasteiger partial charge >= 0.3 is 5.97 Å². The van der Waals surface area contributed by atoms with Gasteiger partial charge in [0.15, 0.2) is 0 Å². The van der Waals surface area contributed by atoms with E-state index in [2.05, 4.69) is 41.1 Å². The Hall–Kier alpha value is -5.17. The number of benzene rings is 4. The minimum absolute atomic E-state index is 0.0850. The summed E-state index contributed by atoms with van der Waals surface area (Å²) in [5, 5.41) is 13.8. The zero-order valence-corrected chi connectivity index (χ0v) is 25.1. The number of fused-ring (bicyclic) bond motifs is 2. The molecule has 44 heavy (non-hydrogen) atoms. The van der Waals surface area contributed by atoms with Crippen LogP contribution in [0.3, 0.4) is 0 Å². The number of amides is 1. The van der Waals surface area contributed by atoms with Crippen molar-refractivity contribution >= 4 is 33.8 Å². The van der Waals surface area contributed by atoms with E-state index in [4.69, 9.17) is 4.98 Å². The first-order valence-electron chi connectivity index (χ1n) is 15.2. The Morgan fingerprint density at radius 2 is 1.66 bits per heavy atom. The van der Waals surface area contributed by atoms with Gasteiger partial charge in [-0.25, -0.2) is 9.78 Å². The van der Waals surface area contributed by atoms with Crippen molar-refractivity contribution in [3.8, 4) is 5.69 Å². The van der Waals surface area contributed by atoms with E-state index in [9.17, 15) is 14.7 Å². The summed E-state index contributed by atoms with van der Waals surface area (Å²) in [4.78, 5) is 30.1. The maximum absolute atomic E-state index is 13.2. The van der Waals surface area contributed by atoms with Gasteiger partial charge in [-0.2, -0.15) is 0 Å². The van der Waals surface area contributed by atoms with Crippen molar-refractivity contribution in [3.63, 3.8) is 0 Å². The number of rotatable bonds is 11. The highest BCUT2D eigenvalue weighted by Gasteiger charge is 2.18. The van der Waals surface area contributed by atoms with Crippen LogP contribution < -0.4 is 5.32 Å². The van der Waals surface area contributed by atoms with Crippen LogP contribution in [0.1, 0.15) is 63.0 Å². The Balaban J connectivity index is 1.32. The fraction of sp³-hybridized carbons (Fsp3) is 0.216. The SMILES string of the molecule is CCCCc1nc2c(C)cc(C(=O)NCCc3ccccc3)cc2n1Cc1ccc2c(ccn2-c2ccccc2C(=O)O)c1. The summed E-state index contributed by atoms with van der Waals surface area (Å²) in [6, 6.07) is 29.4. The van der Waals surface area contributed by atoms with Gasteiger partial charge in [-0.15, -0.1) is 0 Å². The van der Waals surface area contributed by atoms with Crippen molar-refractivity contribution < 1.29 is 14.7 Å². The molecule has 0 aliphatic heterocycles. The monoisotopic (exact) mass is 584 g/mol. The van der Waals surface area contributed by atoms with Gasteiger partial charge in [-0.3, -0.25) is 4.79 Å². The summed E-state index contributed by atoms with van der Waals surface area (Å²) in [5.41, 5.74) is 7.63. The predicted octanol–water partition coefficient (Wildman–Crippen LogP) is 7.35. The first kappa shape index (κ1) is 28.9. The van der Waals surface area contributed by atoms with E-state index in [-0.39, 0.29) is 11.5 Å². The molecule has 0 atom stereocenters. The number of carbonyl (C=O) groups excluding carboxylic acids is 1. The second kappa shape index (κ2) is 12.6. The Bertz CT molecular complexity index is 1970. The predicted molar refractivity (Wildman–Crippen MR) is 175 cm³/mol. The summed E-state index contributed by atoms with van der Waals surface area (Å²) in [6.45, 7) is 5.38. The number of carboxylic acid groups (broad SMARTS) is 1. The summed E-state index contributed by atoms with van der Waals surface area (Å²) < 4.78 is 4.17. The maximum atomic E-state index is 13.2. The van der Waals surface area contributed by atoms with Gasteiger partial charge in [0.2, 0.25) is 0 Å². The second-order valence-electron chi connectivity index (χ2n) is 11.3. The molecule has 6 rings (SSSR count). The number of carbonyl (C=O) groups is 2. The van der Waals surface area contributed by atoms with E-state index in [1.54, 1.807) is 12.1 Å². The van der Waals surface area contributed by atoms with Gasteiger partial charge < -0.3 is 19.6 Å². The molecule has 6 aromatic rings. The first-order valence-corrected chi connectivity index (χ1v) is 15.2. The molecule has 0 aliphatic carbocycles. The van der Waals surface area contributed by atoms with Crippen LogP contribution in [0, 0.1) is 6.92 Å². The minimum Gasteiger partial charge on any atom is -0.478 e. The number of unbranched alkanes of at least 4 members (excludes halogenated alkanes) is 1. The van der Waals surface area contributed by atoms with Crippen LogP contribution >= 0.6 is 0 Å². The van der Waals surface area contributed by atoms with Crippen molar-refractivity contribution in [1.82, 2.24) is 19.4 Å². The highest BCUT2D eigenvalue weighted by Crippen LogP contribution is 2.27. The number of para-hydroxylation sites is 1. The number of nitrogens with zero attached hydrogens (tertiary/aromatic N) is 3. The van der Waals surface area contributed by atoms with E-state index in [0.717, 1.165) is 64.6 Å². The number of aromatic nitrogens is 3. The quantitative estimate of drug-likeness (QED) is 0.167. The standard InChI is InChI=1S/C37H36N4O3/c1-3-4-14-34-39-35-25(2)21-29(36(42)38-19-17-26-10-6-5-7-11-26)23-33(35)41(34)24-27-15-16-31-28(22-27)18-20-40(31)32-13-9-8-12-30(32)37(43)44/h5-13,15-16,18,20-23H,3-4,14,17,19,24H2,1-2H3,(H,38,42)(H,43,44). The average molecular weight is 585 g/mol. The highest BCUT2D eigenvalue weighted by molar-refractivity contribution is 5.98. The normalized spacial score (nSPS) is 11.3.